The second-order valence-electron chi connectivity index (χ2n) is 5.61. The Morgan fingerprint density at radius 1 is 1.26 bits per heavy atom. The van der Waals surface area contributed by atoms with E-state index in [-0.39, 0.29) is 12.0 Å². The van der Waals surface area contributed by atoms with Crippen molar-refractivity contribution in [2.75, 3.05) is 6.54 Å². The average Bonchev–Trinajstić information content (AvgIpc) is 2.38. The molecule has 106 valence electrons. The maximum Gasteiger partial charge on any atom is 0.136 e. The van der Waals surface area contributed by atoms with Gasteiger partial charge in [0.15, 0.2) is 0 Å². The topological polar surface area (TPSA) is 29.1 Å². The van der Waals surface area contributed by atoms with Gasteiger partial charge in [-0.05, 0) is 37.4 Å². The highest BCUT2D eigenvalue weighted by Gasteiger charge is 2.16. The molecule has 1 unspecified atom stereocenters. The smallest absolute Gasteiger partial charge is 0.136 e. The van der Waals surface area contributed by atoms with E-state index in [0.29, 0.717) is 12.2 Å². The summed E-state index contributed by atoms with van der Waals surface area (Å²) in [6.45, 7) is 9.22. The van der Waals surface area contributed by atoms with E-state index in [1.54, 1.807) is 0 Å². The lowest BCUT2D eigenvalue weighted by Crippen LogP contribution is -2.35. The number of ketones is 1. The number of Topliss-reactive ketones (excluding diaryl/α,β-unsaturated/α-hetero) is 1. The van der Waals surface area contributed by atoms with E-state index in [4.69, 9.17) is 0 Å². The monoisotopic (exact) mass is 261 g/mol. The summed E-state index contributed by atoms with van der Waals surface area (Å²) in [5.74, 6) is 0.477. The lowest BCUT2D eigenvalue weighted by molar-refractivity contribution is -0.122. The molecule has 1 aromatic rings. The van der Waals surface area contributed by atoms with E-state index >= 15 is 0 Å². The van der Waals surface area contributed by atoms with Crippen molar-refractivity contribution in [1.29, 1.82) is 0 Å². The molecule has 2 heteroatoms. The zero-order valence-electron chi connectivity index (χ0n) is 12.7. The molecular formula is C17H27NO. The van der Waals surface area contributed by atoms with Crippen molar-refractivity contribution in [3.63, 3.8) is 0 Å². The summed E-state index contributed by atoms with van der Waals surface area (Å²) >= 11 is 0. The number of carbonyl (C=O) groups is 1. The first-order valence-corrected chi connectivity index (χ1v) is 7.35. The highest BCUT2D eigenvalue weighted by atomic mass is 16.1. The van der Waals surface area contributed by atoms with Crippen molar-refractivity contribution in [2.24, 2.45) is 5.92 Å². The van der Waals surface area contributed by atoms with Crippen LogP contribution >= 0.6 is 0 Å². The van der Waals surface area contributed by atoms with Crippen LogP contribution in [-0.2, 0) is 11.2 Å². The Morgan fingerprint density at radius 3 is 2.53 bits per heavy atom. The Morgan fingerprint density at radius 2 is 1.95 bits per heavy atom. The molecule has 0 saturated heterocycles. The first-order chi connectivity index (χ1) is 9.04. The van der Waals surface area contributed by atoms with E-state index < -0.39 is 0 Å². The lowest BCUT2D eigenvalue weighted by Gasteiger charge is -2.20. The quantitative estimate of drug-likeness (QED) is 0.775. The molecule has 0 heterocycles. The van der Waals surface area contributed by atoms with Crippen LogP contribution in [0.15, 0.2) is 24.3 Å². The normalized spacial score (nSPS) is 12.7. The van der Waals surface area contributed by atoms with Crippen LogP contribution in [0.3, 0.4) is 0 Å². The van der Waals surface area contributed by atoms with E-state index in [0.717, 1.165) is 19.4 Å². The lowest BCUT2D eigenvalue weighted by atomic mass is 9.94. The predicted molar refractivity (Wildman–Crippen MR) is 81.4 cm³/mol. The third kappa shape index (κ3) is 5.56. The summed E-state index contributed by atoms with van der Waals surface area (Å²) in [6.07, 6.45) is 2.66. The molecular weight excluding hydrogens is 234 g/mol. The summed E-state index contributed by atoms with van der Waals surface area (Å²) in [5.41, 5.74) is 2.65. The number of nitrogens with one attached hydrogen (secondary N) is 1. The van der Waals surface area contributed by atoms with Gasteiger partial charge in [0.05, 0.1) is 0 Å². The van der Waals surface area contributed by atoms with Crippen molar-refractivity contribution in [2.45, 2.75) is 53.0 Å². The minimum atomic E-state index is 0.128. The summed E-state index contributed by atoms with van der Waals surface area (Å²) in [4.78, 5) is 12.0. The van der Waals surface area contributed by atoms with Gasteiger partial charge in [-0.25, -0.2) is 0 Å². The van der Waals surface area contributed by atoms with Gasteiger partial charge >= 0.3 is 0 Å². The van der Waals surface area contributed by atoms with Crippen LogP contribution in [0.4, 0.5) is 0 Å². The average molecular weight is 261 g/mol. The van der Waals surface area contributed by atoms with Crippen LogP contribution in [0.1, 0.15) is 44.7 Å². The van der Waals surface area contributed by atoms with Gasteiger partial charge in [0.2, 0.25) is 0 Å². The van der Waals surface area contributed by atoms with E-state index in [1.165, 1.54) is 11.1 Å². The number of carbonyl (C=O) groups excluding carboxylic acids is 1. The molecule has 0 fully saturated rings. The summed E-state index contributed by atoms with van der Waals surface area (Å²) in [7, 11) is 0. The van der Waals surface area contributed by atoms with E-state index in [1.807, 2.05) is 13.8 Å². The van der Waals surface area contributed by atoms with Crippen LogP contribution in [-0.4, -0.2) is 18.4 Å². The molecule has 0 radical (unpaired) electrons. The fourth-order valence-corrected chi connectivity index (χ4v) is 2.15. The summed E-state index contributed by atoms with van der Waals surface area (Å²) < 4.78 is 0. The van der Waals surface area contributed by atoms with Gasteiger partial charge in [-0.15, -0.1) is 0 Å². The maximum absolute atomic E-state index is 12.0. The van der Waals surface area contributed by atoms with Crippen LogP contribution < -0.4 is 5.32 Å². The van der Waals surface area contributed by atoms with E-state index in [9.17, 15) is 4.79 Å². The molecule has 1 N–H and O–H groups in total. The number of hydrogen-bond acceptors (Lipinski definition) is 2. The molecule has 0 bridgehead atoms. The SMILES string of the molecule is CCCNC(CC(=O)C(C)C)Cc1ccccc1C. The summed E-state index contributed by atoms with van der Waals surface area (Å²) in [6, 6.07) is 8.69. The molecule has 0 aliphatic carbocycles. The Bertz CT molecular complexity index is 398. The third-order valence-corrected chi connectivity index (χ3v) is 3.50. The Hall–Kier alpha value is -1.15. The number of benzene rings is 1. The summed E-state index contributed by atoms with van der Waals surface area (Å²) in [5, 5.41) is 3.51. The van der Waals surface area contributed by atoms with Gasteiger partial charge in [-0.1, -0.05) is 45.0 Å². The van der Waals surface area contributed by atoms with Crippen LogP contribution in [0.5, 0.6) is 0 Å². The highest BCUT2D eigenvalue weighted by Crippen LogP contribution is 2.13. The van der Waals surface area contributed by atoms with Crippen LogP contribution in [0.25, 0.3) is 0 Å². The van der Waals surface area contributed by atoms with Gasteiger partial charge in [0.1, 0.15) is 5.78 Å². The van der Waals surface area contributed by atoms with Gasteiger partial charge in [0, 0.05) is 18.4 Å². The van der Waals surface area contributed by atoms with Gasteiger partial charge in [0.25, 0.3) is 0 Å². The second kappa shape index (κ2) is 8.11. The third-order valence-electron chi connectivity index (χ3n) is 3.50. The molecule has 0 aliphatic heterocycles. The van der Waals surface area contributed by atoms with Crippen molar-refractivity contribution < 1.29 is 4.79 Å². The fourth-order valence-electron chi connectivity index (χ4n) is 2.15. The van der Waals surface area contributed by atoms with Crippen LogP contribution in [0, 0.1) is 12.8 Å². The van der Waals surface area contributed by atoms with Gasteiger partial charge in [-0.2, -0.15) is 0 Å². The number of rotatable bonds is 8. The molecule has 0 saturated carbocycles. The van der Waals surface area contributed by atoms with Crippen LogP contribution in [0.2, 0.25) is 0 Å². The molecule has 2 nitrogen and oxygen atoms in total. The number of hydrogen-bond donors (Lipinski definition) is 1. The zero-order chi connectivity index (χ0) is 14.3. The largest absolute Gasteiger partial charge is 0.313 e. The van der Waals surface area contributed by atoms with Crippen molar-refractivity contribution in [3.05, 3.63) is 35.4 Å². The van der Waals surface area contributed by atoms with Crippen molar-refractivity contribution in [1.82, 2.24) is 5.32 Å². The first-order valence-electron chi connectivity index (χ1n) is 7.35. The fraction of sp³-hybridized carbons (Fsp3) is 0.588. The molecule has 0 amide bonds. The molecule has 19 heavy (non-hydrogen) atoms. The molecule has 0 spiro atoms. The molecule has 0 aliphatic rings. The first kappa shape index (κ1) is 15.9. The predicted octanol–water partition coefficient (Wildman–Crippen LogP) is 3.52. The molecule has 1 aromatic carbocycles. The highest BCUT2D eigenvalue weighted by molar-refractivity contribution is 5.80. The van der Waals surface area contributed by atoms with Gasteiger partial charge in [-0.3, -0.25) is 4.79 Å². The van der Waals surface area contributed by atoms with Crippen molar-refractivity contribution in [3.8, 4) is 0 Å². The van der Waals surface area contributed by atoms with E-state index in [2.05, 4.69) is 43.4 Å². The zero-order valence-corrected chi connectivity index (χ0v) is 12.7. The molecule has 1 rings (SSSR count). The Kier molecular flexibility index (Phi) is 6.79. The minimum Gasteiger partial charge on any atom is -0.313 e. The van der Waals surface area contributed by atoms with Crippen molar-refractivity contribution >= 4 is 5.78 Å². The minimum absolute atomic E-state index is 0.128. The maximum atomic E-state index is 12.0. The standard InChI is InChI=1S/C17H27NO/c1-5-10-18-16(12-17(19)13(2)3)11-15-9-7-6-8-14(15)4/h6-9,13,16,18H,5,10-12H2,1-4H3. The number of aryl methyl sites for hydroxylation is 1. The Labute approximate surface area is 117 Å². The molecule has 1 atom stereocenters. The Balaban J connectivity index is 2.69. The van der Waals surface area contributed by atoms with Gasteiger partial charge < -0.3 is 5.32 Å². The second-order valence-corrected chi connectivity index (χ2v) is 5.61. The molecule has 0 aromatic heterocycles.